The van der Waals surface area contributed by atoms with Gasteiger partial charge in [0.25, 0.3) is 0 Å². The molecule has 1 aromatic carbocycles. The number of hydrogen-bond donors (Lipinski definition) is 1. The quantitative estimate of drug-likeness (QED) is 0.669. The minimum absolute atomic E-state index is 0.449. The van der Waals surface area contributed by atoms with Gasteiger partial charge in [-0.05, 0) is 30.5 Å². The Hall–Kier alpha value is -1.32. The molecule has 5 heteroatoms. The van der Waals surface area contributed by atoms with Gasteiger partial charge in [-0.1, -0.05) is 35.3 Å². The maximum Gasteiger partial charge on any atom is 0.134 e. The van der Waals surface area contributed by atoms with Gasteiger partial charge < -0.3 is 5.32 Å². The first-order chi connectivity index (χ1) is 8.74. The Labute approximate surface area is 116 Å². The van der Waals surface area contributed by atoms with Crippen molar-refractivity contribution in [2.45, 2.75) is 12.8 Å². The van der Waals surface area contributed by atoms with Gasteiger partial charge in [-0.3, -0.25) is 0 Å². The molecule has 0 saturated heterocycles. The molecular weight excluding hydrogens is 269 g/mol. The van der Waals surface area contributed by atoms with Crippen LogP contribution in [0.25, 0.3) is 0 Å². The summed E-state index contributed by atoms with van der Waals surface area (Å²) in [5.41, 5.74) is 1.28. The molecule has 0 amide bonds. The van der Waals surface area contributed by atoms with Crippen LogP contribution >= 0.6 is 23.2 Å². The van der Waals surface area contributed by atoms with E-state index in [0.29, 0.717) is 5.15 Å². The molecule has 18 heavy (non-hydrogen) atoms. The largest absolute Gasteiger partial charge is 0.370 e. The van der Waals surface area contributed by atoms with E-state index in [4.69, 9.17) is 23.2 Å². The lowest BCUT2D eigenvalue weighted by molar-refractivity contribution is 0.858. The standard InChI is InChI=1S/C13H13Cl2N3/c14-11-5-3-10(4-6-11)2-1-7-16-13-8-12(15)17-9-18-13/h3-6,8-9H,1-2,7H2,(H,16,17,18). The Morgan fingerprint density at radius 3 is 2.56 bits per heavy atom. The maximum absolute atomic E-state index is 5.83. The van der Waals surface area contributed by atoms with Crippen LogP contribution in [-0.4, -0.2) is 16.5 Å². The summed E-state index contributed by atoms with van der Waals surface area (Å²) in [6.07, 6.45) is 3.47. The number of anilines is 1. The lowest BCUT2D eigenvalue weighted by Crippen LogP contribution is -2.04. The zero-order valence-corrected chi connectivity index (χ0v) is 11.2. The van der Waals surface area contributed by atoms with E-state index >= 15 is 0 Å². The fourth-order valence-electron chi connectivity index (χ4n) is 1.59. The molecule has 0 bridgehead atoms. The topological polar surface area (TPSA) is 37.8 Å². The van der Waals surface area contributed by atoms with Crippen molar-refractivity contribution >= 4 is 29.0 Å². The van der Waals surface area contributed by atoms with Gasteiger partial charge in [0, 0.05) is 17.6 Å². The molecule has 0 spiro atoms. The Bertz CT molecular complexity index is 500. The summed E-state index contributed by atoms with van der Waals surface area (Å²) in [7, 11) is 0. The third kappa shape index (κ3) is 4.17. The van der Waals surface area contributed by atoms with Gasteiger partial charge in [-0.15, -0.1) is 0 Å². The minimum atomic E-state index is 0.449. The van der Waals surface area contributed by atoms with Crippen LogP contribution in [0, 0.1) is 0 Å². The smallest absolute Gasteiger partial charge is 0.134 e. The highest BCUT2D eigenvalue weighted by Gasteiger charge is 1.97. The summed E-state index contributed by atoms with van der Waals surface area (Å²) in [4.78, 5) is 7.90. The first-order valence-corrected chi connectivity index (χ1v) is 6.45. The number of nitrogens with one attached hydrogen (secondary N) is 1. The third-order valence-electron chi connectivity index (χ3n) is 2.50. The fourth-order valence-corrected chi connectivity index (χ4v) is 1.86. The van der Waals surface area contributed by atoms with Crippen LogP contribution in [0.5, 0.6) is 0 Å². The number of rotatable bonds is 5. The molecule has 2 aromatic rings. The summed E-state index contributed by atoms with van der Waals surface area (Å²) in [5.74, 6) is 0.756. The molecule has 1 aromatic heterocycles. The van der Waals surface area contributed by atoms with Crippen molar-refractivity contribution in [1.29, 1.82) is 0 Å². The first kappa shape index (κ1) is 13.1. The van der Waals surface area contributed by atoms with Crippen molar-refractivity contribution in [2.24, 2.45) is 0 Å². The average Bonchev–Trinajstić information content (AvgIpc) is 2.37. The lowest BCUT2D eigenvalue weighted by atomic mass is 10.1. The van der Waals surface area contributed by atoms with Crippen LogP contribution in [-0.2, 0) is 6.42 Å². The monoisotopic (exact) mass is 281 g/mol. The summed E-state index contributed by atoms with van der Waals surface area (Å²) in [6, 6.07) is 9.63. The van der Waals surface area contributed by atoms with Crippen molar-refractivity contribution < 1.29 is 0 Å². The second kappa shape index (κ2) is 6.57. The zero-order valence-electron chi connectivity index (χ0n) is 9.74. The number of benzene rings is 1. The van der Waals surface area contributed by atoms with Crippen LogP contribution in [0.4, 0.5) is 5.82 Å². The molecule has 2 rings (SSSR count). The van der Waals surface area contributed by atoms with Gasteiger partial charge in [0.1, 0.15) is 17.3 Å². The van der Waals surface area contributed by atoms with E-state index in [0.717, 1.165) is 30.2 Å². The lowest BCUT2D eigenvalue weighted by Gasteiger charge is -2.05. The number of nitrogens with zero attached hydrogens (tertiary/aromatic N) is 2. The van der Waals surface area contributed by atoms with E-state index in [2.05, 4.69) is 15.3 Å². The maximum atomic E-state index is 5.83. The Kier molecular flexibility index (Phi) is 4.79. The highest BCUT2D eigenvalue weighted by Crippen LogP contribution is 2.12. The Morgan fingerprint density at radius 2 is 1.83 bits per heavy atom. The van der Waals surface area contributed by atoms with E-state index in [1.807, 2.05) is 24.3 Å². The van der Waals surface area contributed by atoms with Crippen LogP contribution in [0.3, 0.4) is 0 Å². The highest BCUT2D eigenvalue weighted by molar-refractivity contribution is 6.30. The van der Waals surface area contributed by atoms with E-state index in [-0.39, 0.29) is 0 Å². The van der Waals surface area contributed by atoms with Gasteiger partial charge in [-0.25, -0.2) is 9.97 Å². The molecular formula is C13H13Cl2N3. The molecule has 0 unspecified atom stereocenters. The number of hydrogen-bond acceptors (Lipinski definition) is 3. The molecule has 1 N–H and O–H groups in total. The van der Waals surface area contributed by atoms with Crippen molar-refractivity contribution in [2.75, 3.05) is 11.9 Å². The third-order valence-corrected chi connectivity index (χ3v) is 2.95. The van der Waals surface area contributed by atoms with Crippen LogP contribution in [0.1, 0.15) is 12.0 Å². The first-order valence-electron chi connectivity index (χ1n) is 5.70. The predicted molar refractivity (Wildman–Crippen MR) is 75.3 cm³/mol. The van der Waals surface area contributed by atoms with Gasteiger partial charge in [0.2, 0.25) is 0 Å². The summed E-state index contributed by atoms with van der Waals surface area (Å²) in [5, 5.41) is 4.43. The minimum Gasteiger partial charge on any atom is -0.370 e. The molecule has 94 valence electrons. The molecule has 0 fully saturated rings. The highest BCUT2D eigenvalue weighted by atomic mass is 35.5. The zero-order chi connectivity index (χ0) is 12.8. The van der Waals surface area contributed by atoms with Crippen LogP contribution < -0.4 is 5.32 Å². The SMILES string of the molecule is Clc1ccc(CCCNc2cc(Cl)ncn2)cc1. The van der Waals surface area contributed by atoms with E-state index < -0.39 is 0 Å². The molecule has 0 aliphatic heterocycles. The molecule has 0 radical (unpaired) electrons. The predicted octanol–water partition coefficient (Wildman–Crippen LogP) is 3.83. The second-order valence-electron chi connectivity index (χ2n) is 3.88. The van der Waals surface area contributed by atoms with Gasteiger partial charge in [0.05, 0.1) is 0 Å². The molecule has 0 aliphatic carbocycles. The van der Waals surface area contributed by atoms with Crippen molar-refractivity contribution in [3.05, 3.63) is 52.4 Å². The van der Waals surface area contributed by atoms with Gasteiger partial charge >= 0.3 is 0 Å². The van der Waals surface area contributed by atoms with Crippen molar-refractivity contribution in [3.8, 4) is 0 Å². The normalized spacial score (nSPS) is 10.3. The van der Waals surface area contributed by atoms with Crippen LogP contribution in [0.15, 0.2) is 36.7 Å². The van der Waals surface area contributed by atoms with Gasteiger partial charge in [-0.2, -0.15) is 0 Å². The van der Waals surface area contributed by atoms with Crippen LogP contribution in [0.2, 0.25) is 10.2 Å². The Balaban J connectivity index is 1.74. The van der Waals surface area contributed by atoms with E-state index in [1.165, 1.54) is 11.9 Å². The van der Waals surface area contributed by atoms with Crippen molar-refractivity contribution in [1.82, 2.24) is 9.97 Å². The van der Waals surface area contributed by atoms with E-state index in [1.54, 1.807) is 6.07 Å². The Morgan fingerprint density at radius 1 is 1.06 bits per heavy atom. The summed E-state index contributed by atoms with van der Waals surface area (Å²) in [6.45, 7) is 0.843. The summed E-state index contributed by atoms with van der Waals surface area (Å²) >= 11 is 11.6. The molecule has 1 heterocycles. The average molecular weight is 282 g/mol. The number of aromatic nitrogens is 2. The number of halogens is 2. The number of aryl methyl sites for hydroxylation is 1. The fraction of sp³-hybridized carbons (Fsp3) is 0.231. The van der Waals surface area contributed by atoms with Gasteiger partial charge in [0.15, 0.2) is 0 Å². The molecule has 0 saturated carbocycles. The summed E-state index contributed by atoms with van der Waals surface area (Å²) < 4.78 is 0. The molecule has 3 nitrogen and oxygen atoms in total. The second-order valence-corrected chi connectivity index (χ2v) is 4.71. The van der Waals surface area contributed by atoms with E-state index in [9.17, 15) is 0 Å². The van der Waals surface area contributed by atoms with Crippen molar-refractivity contribution in [3.63, 3.8) is 0 Å². The molecule has 0 atom stereocenters. The molecule has 0 aliphatic rings.